The van der Waals surface area contributed by atoms with Crippen LogP contribution in [0, 0.1) is 6.92 Å². The Morgan fingerprint density at radius 2 is 1.75 bits per heavy atom. The number of aromatic nitrogens is 2. The fourth-order valence-corrected chi connectivity index (χ4v) is 1.56. The molecule has 0 unspecified atom stereocenters. The summed E-state index contributed by atoms with van der Waals surface area (Å²) in [6.45, 7) is 2.62. The van der Waals surface area contributed by atoms with E-state index in [2.05, 4.69) is 34.5 Å². The summed E-state index contributed by atoms with van der Waals surface area (Å²) in [5, 5.41) is 8.19. The molecular weight excluding hydrogens is 198 g/mol. The standard InChI is InChI=1S/C13H15N3/c1-10-2-7-13(16-15-10)12-5-3-11(4-6-12)8-9-14/h2-7H,8-9,14H2,1H3. The summed E-state index contributed by atoms with van der Waals surface area (Å²) in [6.07, 6.45) is 0.917. The van der Waals surface area contributed by atoms with Crippen LogP contribution in [0.1, 0.15) is 11.3 Å². The second kappa shape index (κ2) is 4.86. The van der Waals surface area contributed by atoms with Crippen LogP contribution in [0.4, 0.5) is 0 Å². The second-order valence-electron chi connectivity index (χ2n) is 3.80. The Bertz CT molecular complexity index is 446. The molecule has 2 rings (SSSR count). The average molecular weight is 213 g/mol. The fraction of sp³-hybridized carbons (Fsp3) is 0.231. The third-order valence-electron chi connectivity index (χ3n) is 2.48. The van der Waals surface area contributed by atoms with E-state index in [-0.39, 0.29) is 0 Å². The van der Waals surface area contributed by atoms with Gasteiger partial charge >= 0.3 is 0 Å². The van der Waals surface area contributed by atoms with Crippen molar-refractivity contribution >= 4 is 0 Å². The van der Waals surface area contributed by atoms with Gasteiger partial charge in [-0.2, -0.15) is 10.2 Å². The van der Waals surface area contributed by atoms with Gasteiger partial charge in [-0.05, 0) is 37.6 Å². The van der Waals surface area contributed by atoms with Gasteiger partial charge in [-0.3, -0.25) is 0 Å². The van der Waals surface area contributed by atoms with Crippen molar-refractivity contribution in [1.29, 1.82) is 0 Å². The number of rotatable bonds is 3. The van der Waals surface area contributed by atoms with Crippen LogP contribution in [0.2, 0.25) is 0 Å². The molecular formula is C13H15N3. The normalized spacial score (nSPS) is 10.4. The molecule has 2 aromatic rings. The Labute approximate surface area is 95.3 Å². The first-order valence-corrected chi connectivity index (χ1v) is 5.39. The van der Waals surface area contributed by atoms with Crippen LogP contribution in [0.3, 0.4) is 0 Å². The van der Waals surface area contributed by atoms with Crippen LogP contribution in [0.25, 0.3) is 11.3 Å². The highest BCUT2D eigenvalue weighted by Gasteiger charge is 1.99. The second-order valence-corrected chi connectivity index (χ2v) is 3.80. The number of benzene rings is 1. The molecule has 2 N–H and O–H groups in total. The maximum absolute atomic E-state index is 5.50. The molecule has 0 amide bonds. The third-order valence-corrected chi connectivity index (χ3v) is 2.48. The van der Waals surface area contributed by atoms with Crippen molar-refractivity contribution < 1.29 is 0 Å². The van der Waals surface area contributed by atoms with Gasteiger partial charge in [-0.15, -0.1) is 0 Å². The summed E-state index contributed by atoms with van der Waals surface area (Å²) < 4.78 is 0. The molecule has 0 atom stereocenters. The van der Waals surface area contributed by atoms with Crippen LogP contribution in [-0.2, 0) is 6.42 Å². The van der Waals surface area contributed by atoms with Crippen molar-refractivity contribution in [2.24, 2.45) is 5.73 Å². The molecule has 0 bridgehead atoms. The van der Waals surface area contributed by atoms with E-state index in [4.69, 9.17) is 5.73 Å². The van der Waals surface area contributed by atoms with E-state index >= 15 is 0 Å². The number of aryl methyl sites for hydroxylation is 1. The summed E-state index contributed by atoms with van der Waals surface area (Å²) >= 11 is 0. The largest absolute Gasteiger partial charge is 0.330 e. The molecule has 1 aromatic heterocycles. The molecule has 0 aliphatic carbocycles. The highest BCUT2D eigenvalue weighted by molar-refractivity contribution is 5.58. The van der Waals surface area contributed by atoms with Crippen molar-refractivity contribution in [3.8, 4) is 11.3 Å². The maximum Gasteiger partial charge on any atom is 0.0929 e. The van der Waals surface area contributed by atoms with Gasteiger partial charge in [0.25, 0.3) is 0 Å². The molecule has 1 heterocycles. The molecule has 0 saturated carbocycles. The zero-order valence-corrected chi connectivity index (χ0v) is 9.35. The zero-order valence-electron chi connectivity index (χ0n) is 9.35. The smallest absolute Gasteiger partial charge is 0.0929 e. The Morgan fingerprint density at radius 1 is 1.00 bits per heavy atom. The van der Waals surface area contributed by atoms with Crippen molar-refractivity contribution in [3.63, 3.8) is 0 Å². The molecule has 3 heteroatoms. The SMILES string of the molecule is Cc1ccc(-c2ccc(CCN)cc2)nn1. The van der Waals surface area contributed by atoms with Crippen LogP contribution >= 0.6 is 0 Å². The topological polar surface area (TPSA) is 51.8 Å². The molecule has 1 aromatic carbocycles. The molecule has 0 spiro atoms. The van der Waals surface area contributed by atoms with Gasteiger partial charge < -0.3 is 5.73 Å². The van der Waals surface area contributed by atoms with Crippen LogP contribution in [0.5, 0.6) is 0 Å². The van der Waals surface area contributed by atoms with Gasteiger partial charge in [0, 0.05) is 5.56 Å². The Balaban J connectivity index is 2.24. The quantitative estimate of drug-likeness (QED) is 0.847. The first-order chi connectivity index (χ1) is 7.79. The highest BCUT2D eigenvalue weighted by Crippen LogP contribution is 2.16. The summed E-state index contributed by atoms with van der Waals surface area (Å²) in [4.78, 5) is 0. The lowest BCUT2D eigenvalue weighted by molar-refractivity contribution is 0.967. The predicted octanol–water partition coefficient (Wildman–Crippen LogP) is 1.95. The Hall–Kier alpha value is -1.74. The number of nitrogens with zero attached hydrogens (tertiary/aromatic N) is 2. The van der Waals surface area contributed by atoms with E-state index in [9.17, 15) is 0 Å². The summed E-state index contributed by atoms with van der Waals surface area (Å²) in [6, 6.07) is 12.2. The van der Waals surface area contributed by atoms with Crippen LogP contribution < -0.4 is 5.73 Å². The minimum absolute atomic E-state index is 0.684. The van der Waals surface area contributed by atoms with Gasteiger partial charge in [0.15, 0.2) is 0 Å². The Morgan fingerprint density at radius 3 is 2.31 bits per heavy atom. The molecule has 0 aliphatic heterocycles. The van der Waals surface area contributed by atoms with Gasteiger partial charge in [0.05, 0.1) is 11.4 Å². The lowest BCUT2D eigenvalue weighted by Gasteiger charge is -2.02. The van der Waals surface area contributed by atoms with Gasteiger partial charge in [0.1, 0.15) is 0 Å². The van der Waals surface area contributed by atoms with Crippen molar-refractivity contribution in [2.75, 3.05) is 6.54 Å². The lowest BCUT2D eigenvalue weighted by Crippen LogP contribution is -2.02. The third kappa shape index (κ3) is 2.44. The Kier molecular flexibility index (Phi) is 3.27. The van der Waals surface area contributed by atoms with Crippen molar-refractivity contribution in [1.82, 2.24) is 10.2 Å². The van der Waals surface area contributed by atoms with E-state index in [1.165, 1.54) is 5.56 Å². The van der Waals surface area contributed by atoms with Gasteiger partial charge in [-0.1, -0.05) is 24.3 Å². The van der Waals surface area contributed by atoms with E-state index in [1.54, 1.807) is 0 Å². The van der Waals surface area contributed by atoms with Crippen LogP contribution in [0.15, 0.2) is 36.4 Å². The van der Waals surface area contributed by atoms with Gasteiger partial charge in [0.2, 0.25) is 0 Å². The molecule has 16 heavy (non-hydrogen) atoms. The van der Waals surface area contributed by atoms with Crippen molar-refractivity contribution in [2.45, 2.75) is 13.3 Å². The molecule has 3 nitrogen and oxygen atoms in total. The maximum atomic E-state index is 5.50. The minimum Gasteiger partial charge on any atom is -0.330 e. The molecule has 0 radical (unpaired) electrons. The number of hydrogen-bond donors (Lipinski definition) is 1. The first kappa shape index (κ1) is 10.8. The molecule has 0 saturated heterocycles. The van der Waals surface area contributed by atoms with Crippen LogP contribution in [-0.4, -0.2) is 16.7 Å². The molecule has 82 valence electrons. The first-order valence-electron chi connectivity index (χ1n) is 5.39. The van der Waals surface area contributed by atoms with E-state index in [0.29, 0.717) is 6.54 Å². The average Bonchev–Trinajstić information content (AvgIpc) is 2.32. The van der Waals surface area contributed by atoms with E-state index in [1.807, 2.05) is 19.1 Å². The van der Waals surface area contributed by atoms with Gasteiger partial charge in [-0.25, -0.2) is 0 Å². The predicted molar refractivity (Wildman–Crippen MR) is 65.0 cm³/mol. The highest BCUT2D eigenvalue weighted by atomic mass is 15.1. The molecule has 0 fully saturated rings. The number of nitrogens with two attached hydrogens (primary N) is 1. The number of hydrogen-bond acceptors (Lipinski definition) is 3. The van der Waals surface area contributed by atoms with Crippen molar-refractivity contribution in [3.05, 3.63) is 47.7 Å². The molecule has 0 aliphatic rings. The lowest BCUT2D eigenvalue weighted by atomic mass is 10.1. The summed E-state index contributed by atoms with van der Waals surface area (Å²) in [5.41, 5.74) is 9.69. The van der Waals surface area contributed by atoms with E-state index < -0.39 is 0 Å². The minimum atomic E-state index is 0.684. The summed E-state index contributed by atoms with van der Waals surface area (Å²) in [7, 11) is 0. The van der Waals surface area contributed by atoms with E-state index in [0.717, 1.165) is 23.4 Å². The zero-order chi connectivity index (χ0) is 11.4. The summed E-state index contributed by atoms with van der Waals surface area (Å²) in [5.74, 6) is 0. The monoisotopic (exact) mass is 213 g/mol. The fourth-order valence-electron chi connectivity index (χ4n) is 1.56.